The Bertz CT molecular complexity index is 470. The van der Waals surface area contributed by atoms with Gasteiger partial charge in [-0.05, 0) is 57.0 Å². The number of aryl methyl sites for hydroxylation is 1. The molecule has 1 atom stereocenters. The molecule has 1 amide bonds. The smallest absolute Gasteiger partial charge is 0.411 e. The molecule has 0 spiro atoms. The van der Waals surface area contributed by atoms with E-state index in [1.165, 1.54) is 24.8 Å². The highest BCUT2D eigenvalue weighted by molar-refractivity contribution is 5.84. The Morgan fingerprint density at radius 1 is 1.32 bits per heavy atom. The lowest BCUT2D eigenvalue weighted by Gasteiger charge is -2.28. The van der Waals surface area contributed by atoms with E-state index in [0.717, 1.165) is 38.2 Å². The zero-order valence-corrected chi connectivity index (χ0v) is 13.8. The Labute approximate surface area is 133 Å². The van der Waals surface area contributed by atoms with Crippen molar-refractivity contribution in [3.63, 3.8) is 0 Å². The number of likely N-dealkylation sites (tertiary alicyclic amines) is 1. The van der Waals surface area contributed by atoms with E-state index in [4.69, 9.17) is 4.74 Å². The van der Waals surface area contributed by atoms with Crippen molar-refractivity contribution in [1.29, 1.82) is 0 Å². The molecule has 4 heteroatoms. The van der Waals surface area contributed by atoms with Crippen molar-refractivity contribution < 1.29 is 9.53 Å². The first kappa shape index (κ1) is 16.8. The fraction of sp³-hybridized carbons (Fsp3) is 0.611. The van der Waals surface area contributed by atoms with Gasteiger partial charge in [0.2, 0.25) is 0 Å². The largest absolute Gasteiger partial charge is 0.445 e. The highest BCUT2D eigenvalue weighted by atomic mass is 16.6. The molecule has 2 rings (SSSR count). The van der Waals surface area contributed by atoms with Crippen molar-refractivity contribution >= 4 is 11.8 Å². The molecule has 1 saturated heterocycles. The van der Waals surface area contributed by atoms with E-state index >= 15 is 0 Å². The van der Waals surface area contributed by atoms with Crippen LogP contribution < -0.4 is 5.32 Å². The van der Waals surface area contributed by atoms with Crippen molar-refractivity contribution in [1.82, 2.24) is 4.90 Å². The van der Waals surface area contributed by atoms with Gasteiger partial charge in [0.1, 0.15) is 6.10 Å². The van der Waals surface area contributed by atoms with E-state index in [1.54, 1.807) is 0 Å². The van der Waals surface area contributed by atoms with Crippen LogP contribution in [0.4, 0.5) is 10.5 Å². The van der Waals surface area contributed by atoms with Gasteiger partial charge >= 0.3 is 6.09 Å². The third kappa shape index (κ3) is 5.68. The molecule has 1 fully saturated rings. The second kappa shape index (κ2) is 8.79. The summed E-state index contributed by atoms with van der Waals surface area (Å²) in [7, 11) is 0. The number of carbonyl (C=O) groups is 1. The molecule has 22 heavy (non-hydrogen) atoms. The molecule has 1 heterocycles. The van der Waals surface area contributed by atoms with E-state index in [0.29, 0.717) is 0 Å². The third-order valence-corrected chi connectivity index (χ3v) is 3.98. The van der Waals surface area contributed by atoms with Gasteiger partial charge in [-0.2, -0.15) is 0 Å². The molecule has 1 aromatic carbocycles. The van der Waals surface area contributed by atoms with E-state index in [9.17, 15) is 4.79 Å². The molecule has 1 aromatic rings. The van der Waals surface area contributed by atoms with Gasteiger partial charge in [0, 0.05) is 12.2 Å². The first-order valence-corrected chi connectivity index (χ1v) is 8.46. The van der Waals surface area contributed by atoms with Crippen LogP contribution >= 0.6 is 0 Å². The van der Waals surface area contributed by atoms with Crippen molar-refractivity contribution in [2.45, 2.75) is 52.1 Å². The number of carbonyl (C=O) groups excluding carboxylic acids is 1. The molecular weight excluding hydrogens is 276 g/mol. The quantitative estimate of drug-likeness (QED) is 0.861. The number of piperidine rings is 1. The number of benzene rings is 1. The van der Waals surface area contributed by atoms with Gasteiger partial charge in [0.15, 0.2) is 0 Å². The molecule has 122 valence electrons. The Morgan fingerprint density at radius 3 is 2.82 bits per heavy atom. The molecule has 0 aliphatic carbocycles. The summed E-state index contributed by atoms with van der Waals surface area (Å²) in [4.78, 5) is 14.4. The summed E-state index contributed by atoms with van der Waals surface area (Å²) in [5.74, 6) is 0. The molecule has 0 bridgehead atoms. The number of amides is 1. The van der Waals surface area contributed by atoms with Gasteiger partial charge in [-0.15, -0.1) is 0 Å². The summed E-state index contributed by atoms with van der Waals surface area (Å²) in [6.45, 7) is 7.17. The number of hydrogen-bond donors (Lipinski definition) is 1. The predicted octanol–water partition coefficient (Wildman–Crippen LogP) is 4.06. The number of nitrogens with zero attached hydrogens (tertiary/aromatic N) is 1. The van der Waals surface area contributed by atoms with Gasteiger partial charge in [0.25, 0.3) is 0 Å². The summed E-state index contributed by atoms with van der Waals surface area (Å²) in [5.41, 5.74) is 2.04. The van der Waals surface area contributed by atoms with Crippen LogP contribution in [0, 0.1) is 0 Å². The number of anilines is 1. The predicted molar refractivity (Wildman–Crippen MR) is 90.3 cm³/mol. The Balaban J connectivity index is 1.77. The highest BCUT2D eigenvalue weighted by Crippen LogP contribution is 2.13. The van der Waals surface area contributed by atoms with Gasteiger partial charge in [-0.25, -0.2) is 4.79 Å². The van der Waals surface area contributed by atoms with Gasteiger partial charge in [-0.1, -0.05) is 31.9 Å². The average molecular weight is 304 g/mol. The molecule has 1 N–H and O–H groups in total. The lowest BCUT2D eigenvalue weighted by molar-refractivity contribution is 0.0833. The van der Waals surface area contributed by atoms with Gasteiger partial charge < -0.3 is 4.74 Å². The third-order valence-electron chi connectivity index (χ3n) is 3.98. The van der Waals surface area contributed by atoms with Crippen molar-refractivity contribution in [2.24, 2.45) is 0 Å². The van der Waals surface area contributed by atoms with Crippen LogP contribution in [0.3, 0.4) is 0 Å². The minimum atomic E-state index is -0.363. The van der Waals surface area contributed by atoms with E-state index in [-0.39, 0.29) is 12.2 Å². The summed E-state index contributed by atoms with van der Waals surface area (Å²) in [6.07, 6.45) is 5.50. The maximum atomic E-state index is 12.0. The Kier molecular flexibility index (Phi) is 6.72. The standard InChI is InChI=1S/C18H28N2O2/c1-3-8-16-9-7-10-17(13-16)19-18(21)22-15(2)14-20-11-5-4-6-12-20/h7,9-10,13,15H,3-6,8,11-12,14H2,1-2H3,(H,19,21)/t15-/m0/s1. The molecule has 1 aliphatic heterocycles. The maximum absolute atomic E-state index is 12.0. The summed E-state index contributed by atoms with van der Waals surface area (Å²) in [5, 5.41) is 2.83. The number of hydrogen-bond acceptors (Lipinski definition) is 3. The fourth-order valence-corrected chi connectivity index (χ4v) is 2.97. The SMILES string of the molecule is CCCc1cccc(NC(=O)O[C@@H](C)CN2CCCCC2)c1. The van der Waals surface area contributed by atoms with Gasteiger partial charge in [0.05, 0.1) is 0 Å². The molecule has 4 nitrogen and oxygen atoms in total. The molecule has 0 aromatic heterocycles. The molecule has 0 radical (unpaired) electrons. The fourth-order valence-electron chi connectivity index (χ4n) is 2.97. The van der Waals surface area contributed by atoms with Crippen LogP contribution in [0.1, 0.15) is 45.1 Å². The second-order valence-electron chi connectivity index (χ2n) is 6.15. The normalized spacial score (nSPS) is 17.0. The summed E-state index contributed by atoms with van der Waals surface area (Å²) < 4.78 is 5.47. The van der Waals surface area contributed by atoms with E-state index < -0.39 is 0 Å². The van der Waals surface area contributed by atoms with Crippen LogP contribution in [0.25, 0.3) is 0 Å². The highest BCUT2D eigenvalue weighted by Gasteiger charge is 2.16. The monoisotopic (exact) mass is 304 g/mol. The first-order valence-electron chi connectivity index (χ1n) is 8.46. The lowest BCUT2D eigenvalue weighted by atomic mass is 10.1. The molecule has 0 saturated carbocycles. The maximum Gasteiger partial charge on any atom is 0.411 e. The molecule has 0 unspecified atom stereocenters. The number of ether oxygens (including phenoxy) is 1. The molecule has 1 aliphatic rings. The minimum absolute atomic E-state index is 0.0862. The topological polar surface area (TPSA) is 41.6 Å². The second-order valence-corrected chi connectivity index (χ2v) is 6.15. The minimum Gasteiger partial charge on any atom is -0.445 e. The van der Waals surface area contributed by atoms with Crippen LogP contribution in [0.15, 0.2) is 24.3 Å². The van der Waals surface area contributed by atoms with Crippen molar-refractivity contribution in [3.05, 3.63) is 29.8 Å². The zero-order chi connectivity index (χ0) is 15.8. The van der Waals surface area contributed by atoms with Crippen LogP contribution in [-0.2, 0) is 11.2 Å². The Morgan fingerprint density at radius 2 is 2.09 bits per heavy atom. The summed E-state index contributed by atoms with van der Waals surface area (Å²) in [6, 6.07) is 7.96. The van der Waals surface area contributed by atoms with Crippen molar-refractivity contribution in [3.8, 4) is 0 Å². The van der Waals surface area contributed by atoms with Crippen molar-refractivity contribution in [2.75, 3.05) is 25.0 Å². The van der Waals surface area contributed by atoms with Gasteiger partial charge in [-0.3, -0.25) is 10.2 Å². The average Bonchev–Trinajstić information content (AvgIpc) is 2.48. The first-order chi connectivity index (χ1) is 10.7. The lowest BCUT2D eigenvalue weighted by Crippen LogP contribution is -2.37. The number of nitrogens with one attached hydrogen (secondary N) is 1. The molecular formula is C18H28N2O2. The van der Waals surface area contributed by atoms with Crippen LogP contribution in [0.5, 0.6) is 0 Å². The Hall–Kier alpha value is -1.55. The van der Waals surface area contributed by atoms with E-state index in [2.05, 4.69) is 23.2 Å². The zero-order valence-electron chi connectivity index (χ0n) is 13.8. The van der Waals surface area contributed by atoms with Crippen LogP contribution in [-0.4, -0.2) is 36.7 Å². The summed E-state index contributed by atoms with van der Waals surface area (Å²) >= 11 is 0. The van der Waals surface area contributed by atoms with Crippen LogP contribution in [0.2, 0.25) is 0 Å². The number of rotatable bonds is 6. The van der Waals surface area contributed by atoms with E-state index in [1.807, 2.05) is 25.1 Å².